The number of nitrogens with zero attached hydrogens (tertiary/aromatic N) is 5. The third-order valence-corrected chi connectivity index (χ3v) is 8.45. The van der Waals surface area contributed by atoms with Crippen LogP contribution in [0.1, 0.15) is 35.4 Å². The van der Waals surface area contributed by atoms with Gasteiger partial charge in [-0.2, -0.15) is 4.99 Å². The van der Waals surface area contributed by atoms with Gasteiger partial charge in [0, 0.05) is 30.0 Å². The molecule has 42 heavy (non-hydrogen) atoms. The number of para-hydroxylation sites is 1. The summed E-state index contributed by atoms with van der Waals surface area (Å²) < 4.78 is 42.6. The molecule has 1 saturated heterocycles. The summed E-state index contributed by atoms with van der Waals surface area (Å²) in [6, 6.07) is 19.6. The number of rotatable bonds is 7. The van der Waals surface area contributed by atoms with Crippen molar-refractivity contribution in [1.82, 2.24) is 14.8 Å². The number of aryl methyl sites for hydroxylation is 2. The number of ether oxygens (including phenoxy) is 1. The first kappa shape index (κ1) is 28.0. The number of benzene rings is 3. The Hall–Kier alpha value is -4.12. The molecular weight excluding hydrogens is 563 g/mol. The maximum absolute atomic E-state index is 12.9. The summed E-state index contributed by atoms with van der Waals surface area (Å²) in [6.45, 7) is 5.02. The van der Waals surface area contributed by atoms with E-state index in [4.69, 9.17) is 0 Å². The summed E-state index contributed by atoms with van der Waals surface area (Å²) in [5, 5.41) is 5.25. The summed E-state index contributed by atoms with van der Waals surface area (Å²) in [5.41, 5.74) is 6.04. The van der Waals surface area contributed by atoms with Crippen LogP contribution in [0.25, 0.3) is 17.1 Å². The van der Waals surface area contributed by atoms with Crippen molar-refractivity contribution in [3.8, 4) is 22.8 Å². The monoisotopic (exact) mass is 591 g/mol. The van der Waals surface area contributed by atoms with E-state index in [1.807, 2.05) is 30.3 Å². The number of aliphatic imine (C=N–C) groups is 1. The Kier molecular flexibility index (Phi) is 7.53. The maximum Gasteiger partial charge on any atom is 0.573 e. The number of hydrogen-bond donors (Lipinski definition) is 0. The highest BCUT2D eigenvalue weighted by atomic mass is 32.2. The number of anilines is 1. The minimum atomic E-state index is -4.74. The first-order valence-corrected chi connectivity index (χ1v) is 14.6. The van der Waals surface area contributed by atoms with Crippen LogP contribution < -0.4 is 9.64 Å². The molecule has 2 aliphatic rings. The molecule has 1 aliphatic heterocycles. The van der Waals surface area contributed by atoms with Gasteiger partial charge in [-0.1, -0.05) is 54.2 Å². The van der Waals surface area contributed by atoms with E-state index < -0.39 is 6.36 Å². The van der Waals surface area contributed by atoms with E-state index in [0.29, 0.717) is 23.9 Å². The van der Waals surface area contributed by atoms with Crippen molar-refractivity contribution >= 4 is 28.5 Å². The van der Waals surface area contributed by atoms with E-state index in [9.17, 15) is 18.0 Å². The van der Waals surface area contributed by atoms with Crippen LogP contribution in [0.5, 0.6) is 5.75 Å². The minimum Gasteiger partial charge on any atom is -0.406 e. The molecule has 0 N–H and O–H groups in total. The number of amides is 1. The predicted octanol–water partition coefficient (Wildman–Crippen LogP) is 7.08. The van der Waals surface area contributed by atoms with E-state index in [1.165, 1.54) is 46.4 Å². The number of aromatic nitrogens is 3. The van der Waals surface area contributed by atoms with Gasteiger partial charge in [-0.3, -0.25) is 4.79 Å². The maximum atomic E-state index is 12.9. The number of alkyl halides is 3. The van der Waals surface area contributed by atoms with Crippen molar-refractivity contribution in [2.75, 3.05) is 17.2 Å². The number of amidine groups is 1. The fourth-order valence-electron chi connectivity index (χ4n) is 5.39. The number of carbonyl (C=O) groups is 1. The fraction of sp³-hybridized carbons (Fsp3) is 0.290. The molecule has 1 amide bonds. The zero-order valence-corrected chi connectivity index (χ0v) is 23.8. The molecule has 2 unspecified atom stereocenters. The van der Waals surface area contributed by atoms with Crippen LogP contribution in [0.2, 0.25) is 0 Å². The molecule has 2 fully saturated rings. The van der Waals surface area contributed by atoms with Crippen LogP contribution in [0.15, 0.2) is 78.0 Å². The molecule has 216 valence electrons. The van der Waals surface area contributed by atoms with Crippen molar-refractivity contribution < 1.29 is 22.7 Å². The number of halogens is 3. The summed E-state index contributed by atoms with van der Waals surface area (Å²) in [4.78, 5) is 23.9. The van der Waals surface area contributed by atoms with Crippen molar-refractivity contribution in [2.24, 2.45) is 10.9 Å². The Morgan fingerprint density at radius 2 is 1.76 bits per heavy atom. The average molecular weight is 592 g/mol. The van der Waals surface area contributed by atoms with Crippen LogP contribution in [-0.4, -0.2) is 44.5 Å². The molecule has 1 saturated carbocycles. The van der Waals surface area contributed by atoms with Gasteiger partial charge in [0.25, 0.3) is 0 Å². The van der Waals surface area contributed by atoms with Crippen LogP contribution in [0, 0.1) is 19.8 Å². The Morgan fingerprint density at radius 1 is 1.05 bits per heavy atom. The van der Waals surface area contributed by atoms with Gasteiger partial charge in [-0.25, -0.2) is 9.67 Å². The van der Waals surface area contributed by atoms with Crippen LogP contribution in [0.3, 0.4) is 0 Å². The molecule has 0 spiro atoms. The average Bonchev–Trinajstić information content (AvgIpc) is 3.29. The molecular formula is C31H28F3N5O2S. The van der Waals surface area contributed by atoms with E-state index in [2.05, 4.69) is 50.7 Å². The number of hydrogen-bond acceptors (Lipinski definition) is 5. The molecule has 1 aromatic heterocycles. The minimum absolute atomic E-state index is 0.0764. The lowest BCUT2D eigenvalue weighted by atomic mass is 10.1. The van der Waals surface area contributed by atoms with Crippen molar-refractivity contribution in [3.63, 3.8) is 0 Å². The quantitative estimate of drug-likeness (QED) is 0.229. The molecule has 4 aromatic rings. The fourth-order valence-corrected chi connectivity index (χ4v) is 6.35. The summed E-state index contributed by atoms with van der Waals surface area (Å²) >= 11 is 1.63. The molecule has 1 aliphatic carbocycles. The Balaban J connectivity index is 1.06. The van der Waals surface area contributed by atoms with Crippen LogP contribution >= 0.6 is 11.8 Å². The van der Waals surface area contributed by atoms with Gasteiger partial charge in [0.05, 0.1) is 5.69 Å². The third kappa shape index (κ3) is 6.20. The molecule has 7 nitrogen and oxygen atoms in total. The highest BCUT2D eigenvalue weighted by Gasteiger charge is 2.40. The lowest BCUT2D eigenvalue weighted by molar-refractivity contribution is -0.274. The second-order valence-electron chi connectivity index (χ2n) is 10.5. The Bertz CT molecular complexity index is 1610. The Morgan fingerprint density at radius 3 is 2.45 bits per heavy atom. The van der Waals surface area contributed by atoms with Crippen LogP contribution in [-0.2, 0) is 4.79 Å². The third-order valence-electron chi connectivity index (χ3n) is 7.49. The van der Waals surface area contributed by atoms with Gasteiger partial charge in [-0.05, 0) is 73.1 Å². The number of carbonyl (C=O) groups excluding carboxylic acids is 1. The lowest BCUT2D eigenvalue weighted by Crippen LogP contribution is -2.26. The van der Waals surface area contributed by atoms with Gasteiger partial charge < -0.3 is 9.64 Å². The van der Waals surface area contributed by atoms with Crippen molar-refractivity contribution in [1.29, 1.82) is 0 Å². The van der Waals surface area contributed by atoms with Crippen molar-refractivity contribution in [2.45, 2.75) is 39.0 Å². The predicted molar refractivity (Wildman–Crippen MR) is 157 cm³/mol. The van der Waals surface area contributed by atoms with E-state index in [1.54, 1.807) is 11.8 Å². The van der Waals surface area contributed by atoms with Gasteiger partial charge >= 0.3 is 6.36 Å². The highest BCUT2D eigenvalue weighted by Crippen LogP contribution is 2.50. The molecule has 6 rings (SSSR count). The molecule has 3 aromatic carbocycles. The van der Waals surface area contributed by atoms with Gasteiger partial charge in [0.15, 0.2) is 11.0 Å². The van der Waals surface area contributed by atoms with Gasteiger partial charge in [-0.15, -0.1) is 18.3 Å². The van der Waals surface area contributed by atoms with Crippen LogP contribution in [0.4, 0.5) is 18.9 Å². The number of thioether (sulfide) groups is 1. The zero-order valence-electron chi connectivity index (χ0n) is 23.0. The van der Waals surface area contributed by atoms with E-state index in [0.717, 1.165) is 40.7 Å². The topological polar surface area (TPSA) is 72.6 Å². The molecule has 2 atom stereocenters. The normalized spacial score (nSPS) is 19.4. The SMILES string of the molecule is Cc1cccc(C)c1N1CCSC1=NC(=O)CC1CC1c1ccc(-c2ncn(-c3ccc(OC(F)(F)F)cc3)n2)cc1. The standard InChI is InChI=1S/C31H28F3N5O2S/c1-19-4-3-5-20(2)28(19)38-14-15-42-30(38)36-27(40)17-23-16-26(23)21-6-8-22(9-7-21)29-35-18-39(37-29)24-10-12-25(13-11-24)41-31(32,33)34/h3-13,18,23,26H,14-17H2,1-2H3. The summed E-state index contributed by atoms with van der Waals surface area (Å²) in [7, 11) is 0. The molecule has 11 heteroatoms. The highest BCUT2D eigenvalue weighted by molar-refractivity contribution is 8.14. The lowest BCUT2D eigenvalue weighted by Gasteiger charge is -2.22. The molecule has 2 heterocycles. The largest absolute Gasteiger partial charge is 0.573 e. The van der Waals surface area contributed by atoms with E-state index >= 15 is 0 Å². The molecule has 0 bridgehead atoms. The van der Waals surface area contributed by atoms with Gasteiger partial charge in [0.1, 0.15) is 12.1 Å². The first-order valence-electron chi connectivity index (χ1n) is 13.6. The second kappa shape index (κ2) is 11.3. The first-order chi connectivity index (χ1) is 20.1. The zero-order chi connectivity index (χ0) is 29.4. The van der Waals surface area contributed by atoms with E-state index in [-0.39, 0.29) is 17.6 Å². The summed E-state index contributed by atoms with van der Waals surface area (Å²) in [5.74, 6) is 1.62. The smallest absolute Gasteiger partial charge is 0.406 e. The Labute approximate surface area is 245 Å². The molecule has 0 radical (unpaired) electrons. The van der Waals surface area contributed by atoms with Crippen molar-refractivity contribution in [3.05, 3.63) is 89.7 Å². The summed E-state index contributed by atoms with van der Waals surface area (Å²) in [6.07, 6.45) is -1.85. The second-order valence-corrected chi connectivity index (χ2v) is 11.6. The van der Waals surface area contributed by atoms with Gasteiger partial charge in [0.2, 0.25) is 5.91 Å².